The summed E-state index contributed by atoms with van der Waals surface area (Å²) >= 11 is 0. The van der Waals surface area contributed by atoms with Crippen LogP contribution in [0.5, 0.6) is 11.5 Å². The smallest absolute Gasteiger partial charge is 0.254 e. The van der Waals surface area contributed by atoms with Gasteiger partial charge in [0.05, 0.1) is 29.4 Å². The molecular formula is C25H31N5O5. The molecular weight excluding hydrogens is 450 g/mol. The zero-order chi connectivity index (χ0) is 24.9. The molecule has 3 heterocycles. The molecule has 1 aliphatic rings. The van der Waals surface area contributed by atoms with Gasteiger partial charge in [-0.25, -0.2) is 9.67 Å². The van der Waals surface area contributed by atoms with Crippen LogP contribution in [-0.2, 0) is 9.53 Å². The molecule has 3 aromatic rings. The lowest BCUT2D eigenvalue weighted by Crippen LogP contribution is -2.39. The Balaban J connectivity index is 1.66. The van der Waals surface area contributed by atoms with Crippen LogP contribution in [0.2, 0.25) is 0 Å². The van der Waals surface area contributed by atoms with Gasteiger partial charge >= 0.3 is 0 Å². The molecule has 10 heteroatoms. The SMILES string of the molecule is COCCCNC(=O)CN(C)C(=O)c1cc(-c2ccc3c(c2)OCCO3)nc2c1cnn2C(C)C. The Labute approximate surface area is 204 Å². The molecule has 4 rings (SSSR count). The summed E-state index contributed by atoms with van der Waals surface area (Å²) in [6.07, 6.45) is 2.36. The van der Waals surface area contributed by atoms with Crippen LogP contribution in [0.15, 0.2) is 30.5 Å². The highest BCUT2D eigenvalue weighted by atomic mass is 16.6. The van der Waals surface area contributed by atoms with Gasteiger partial charge in [0.1, 0.15) is 13.2 Å². The fourth-order valence-electron chi connectivity index (χ4n) is 3.92. The first-order chi connectivity index (χ1) is 16.9. The van der Waals surface area contributed by atoms with Crippen molar-refractivity contribution >= 4 is 22.8 Å². The molecule has 0 spiro atoms. The molecule has 1 N–H and O–H groups in total. The van der Waals surface area contributed by atoms with Gasteiger partial charge in [0.25, 0.3) is 5.91 Å². The van der Waals surface area contributed by atoms with E-state index in [1.54, 1.807) is 31.1 Å². The maximum Gasteiger partial charge on any atom is 0.254 e. The Hall–Kier alpha value is -3.66. The maximum absolute atomic E-state index is 13.5. The molecule has 186 valence electrons. The number of ether oxygens (including phenoxy) is 3. The van der Waals surface area contributed by atoms with Gasteiger partial charge in [-0.05, 0) is 44.5 Å². The first-order valence-corrected chi connectivity index (χ1v) is 11.7. The predicted octanol–water partition coefficient (Wildman–Crippen LogP) is 2.68. The number of benzene rings is 1. The van der Waals surface area contributed by atoms with Crippen molar-refractivity contribution < 1.29 is 23.8 Å². The van der Waals surface area contributed by atoms with Crippen LogP contribution in [0.4, 0.5) is 0 Å². The van der Waals surface area contributed by atoms with Crippen LogP contribution in [0.3, 0.4) is 0 Å². The molecule has 35 heavy (non-hydrogen) atoms. The van der Waals surface area contributed by atoms with Crippen molar-refractivity contribution in [3.8, 4) is 22.8 Å². The van der Waals surface area contributed by atoms with E-state index in [0.29, 0.717) is 66.6 Å². The fourth-order valence-corrected chi connectivity index (χ4v) is 3.92. The first kappa shape index (κ1) is 24.5. The number of fused-ring (bicyclic) bond motifs is 2. The van der Waals surface area contributed by atoms with E-state index in [1.807, 2.05) is 32.0 Å². The summed E-state index contributed by atoms with van der Waals surface area (Å²) in [6, 6.07) is 7.40. The Kier molecular flexibility index (Phi) is 7.50. The third-order valence-electron chi connectivity index (χ3n) is 5.70. The van der Waals surface area contributed by atoms with Crippen LogP contribution >= 0.6 is 0 Å². The Morgan fingerprint density at radius 1 is 1.20 bits per heavy atom. The van der Waals surface area contributed by atoms with Crippen molar-refractivity contribution in [1.29, 1.82) is 0 Å². The summed E-state index contributed by atoms with van der Waals surface area (Å²) in [4.78, 5) is 32.1. The second-order valence-corrected chi connectivity index (χ2v) is 8.69. The third-order valence-corrected chi connectivity index (χ3v) is 5.70. The van der Waals surface area contributed by atoms with Gasteiger partial charge in [-0.15, -0.1) is 0 Å². The number of carbonyl (C=O) groups is 2. The number of hydrogen-bond donors (Lipinski definition) is 1. The molecule has 1 aliphatic heterocycles. The van der Waals surface area contributed by atoms with Crippen molar-refractivity contribution in [3.63, 3.8) is 0 Å². The van der Waals surface area contributed by atoms with Crippen LogP contribution in [0.25, 0.3) is 22.3 Å². The molecule has 10 nitrogen and oxygen atoms in total. The standard InChI is InChI=1S/C25H31N5O5/c1-16(2)30-24-19(14-27-30)18(25(32)29(3)15-23(31)26-8-5-9-33-4)13-20(28-24)17-6-7-21-22(12-17)35-11-10-34-21/h6-7,12-14,16H,5,8-11,15H2,1-4H3,(H,26,31). The molecule has 0 saturated carbocycles. The van der Waals surface area contributed by atoms with Gasteiger partial charge < -0.3 is 24.4 Å². The highest BCUT2D eigenvalue weighted by molar-refractivity contribution is 6.07. The van der Waals surface area contributed by atoms with E-state index >= 15 is 0 Å². The summed E-state index contributed by atoms with van der Waals surface area (Å²) in [5, 5.41) is 7.91. The van der Waals surface area contributed by atoms with E-state index in [4.69, 9.17) is 19.2 Å². The Morgan fingerprint density at radius 2 is 1.97 bits per heavy atom. The molecule has 0 bridgehead atoms. The summed E-state index contributed by atoms with van der Waals surface area (Å²) in [6.45, 7) is 5.99. The number of methoxy groups -OCH3 is 1. The van der Waals surface area contributed by atoms with Crippen molar-refractivity contribution in [3.05, 3.63) is 36.0 Å². The number of carbonyl (C=O) groups excluding carboxylic acids is 2. The van der Waals surface area contributed by atoms with Gasteiger partial charge in [-0.3, -0.25) is 9.59 Å². The highest BCUT2D eigenvalue weighted by Gasteiger charge is 2.23. The molecule has 2 amide bonds. The second kappa shape index (κ2) is 10.7. The highest BCUT2D eigenvalue weighted by Crippen LogP contribution is 2.35. The van der Waals surface area contributed by atoms with Crippen molar-refractivity contribution in [1.82, 2.24) is 25.0 Å². The quantitative estimate of drug-likeness (QED) is 0.468. The lowest BCUT2D eigenvalue weighted by atomic mass is 10.1. The van der Waals surface area contributed by atoms with Crippen LogP contribution in [0, 0.1) is 0 Å². The fraction of sp³-hybridized carbons (Fsp3) is 0.440. The predicted molar refractivity (Wildman–Crippen MR) is 131 cm³/mol. The minimum atomic E-state index is -0.286. The van der Waals surface area contributed by atoms with Crippen molar-refractivity contribution in [2.75, 3.05) is 47.1 Å². The molecule has 0 atom stereocenters. The minimum absolute atomic E-state index is 0.0501. The minimum Gasteiger partial charge on any atom is -0.486 e. The molecule has 0 saturated heterocycles. The third kappa shape index (κ3) is 5.37. The van der Waals surface area contributed by atoms with Gasteiger partial charge in [0.15, 0.2) is 17.1 Å². The average molecular weight is 482 g/mol. The van der Waals surface area contributed by atoms with Crippen LogP contribution in [0.1, 0.15) is 36.7 Å². The Bertz CT molecular complexity index is 1220. The van der Waals surface area contributed by atoms with E-state index in [2.05, 4.69) is 10.4 Å². The van der Waals surface area contributed by atoms with Gasteiger partial charge in [-0.1, -0.05) is 0 Å². The van der Waals surface area contributed by atoms with Gasteiger partial charge in [0, 0.05) is 38.9 Å². The van der Waals surface area contributed by atoms with E-state index in [1.165, 1.54) is 4.90 Å². The number of nitrogens with one attached hydrogen (secondary N) is 1. The van der Waals surface area contributed by atoms with Crippen molar-refractivity contribution in [2.24, 2.45) is 0 Å². The molecule has 0 aliphatic carbocycles. The zero-order valence-electron chi connectivity index (χ0n) is 20.5. The molecule has 1 aromatic carbocycles. The molecule has 0 fully saturated rings. The summed E-state index contributed by atoms with van der Waals surface area (Å²) < 4.78 is 18.1. The van der Waals surface area contributed by atoms with Crippen LogP contribution < -0.4 is 14.8 Å². The van der Waals surface area contributed by atoms with Crippen LogP contribution in [-0.4, -0.2) is 78.5 Å². The van der Waals surface area contributed by atoms with E-state index < -0.39 is 0 Å². The van der Waals surface area contributed by atoms with Gasteiger partial charge in [0.2, 0.25) is 5.91 Å². The number of amides is 2. The number of aromatic nitrogens is 3. The second-order valence-electron chi connectivity index (χ2n) is 8.69. The number of rotatable bonds is 9. The first-order valence-electron chi connectivity index (χ1n) is 11.7. The van der Waals surface area contributed by atoms with Crippen molar-refractivity contribution in [2.45, 2.75) is 26.3 Å². The van der Waals surface area contributed by atoms with E-state index in [0.717, 1.165) is 5.56 Å². The lowest BCUT2D eigenvalue weighted by molar-refractivity contribution is -0.121. The summed E-state index contributed by atoms with van der Waals surface area (Å²) in [7, 11) is 3.23. The van der Waals surface area contributed by atoms with E-state index in [9.17, 15) is 9.59 Å². The molecule has 2 aromatic heterocycles. The normalized spacial score (nSPS) is 12.7. The zero-order valence-corrected chi connectivity index (χ0v) is 20.5. The van der Waals surface area contributed by atoms with Gasteiger partial charge in [-0.2, -0.15) is 5.10 Å². The Morgan fingerprint density at radius 3 is 2.71 bits per heavy atom. The monoisotopic (exact) mass is 481 g/mol. The average Bonchev–Trinajstić information content (AvgIpc) is 3.30. The number of likely N-dealkylation sites (N-methyl/N-ethyl adjacent to an activating group) is 1. The lowest BCUT2D eigenvalue weighted by Gasteiger charge is -2.20. The number of nitrogens with zero attached hydrogens (tertiary/aromatic N) is 4. The largest absolute Gasteiger partial charge is 0.486 e. The van der Waals surface area contributed by atoms with E-state index in [-0.39, 0.29) is 24.4 Å². The summed E-state index contributed by atoms with van der Waals surface area (Å²) in [5.41, 5.74) is 2.44. The number of hydrogen-bond acceptors (Lipinski definition) is 7. The topological polar surface area (TPSA) is 108 Å². The maximum atomic E-state index is 13.5. The number of pyridine rings is 1. The molecule has 0 unspecified atom stereocenters. The summed E-state index contributed by atoms with van der Waals surface area (Å²) in [5.74, 6) is 0.808. The molecule has 0 radical (unpaired) electrons.